The minimum atomic E-state index is -3.76. The Morgan fingerprint density at radius 2 is 1.72 bits per heavy atom. The first-order valence-corrected chi connectivity index (χ1v) is 10.8. The number of hydrogen-bond donors (Lipinski definition) is 1. The van der Waals surface area contributed by atoms with Gasteiger partial charge in [-0.15, -0.1) is 0 Å². The molecule has 2 N–H and O–H groups in total. The SMILES string of the molecule is COc1ccc(Br)cc1C(=O)CCC(=O)OCCOc1ccc(S(N)(=O)=O)cc1. The van der Waals surface area contributed by atoms with Crippen LogP contribution in [0.5, 0.6) is 11.5 Å². The van der Waals surface area contributed by atoms with Crippen molar-refractivity contribution in [2.24, 2.45) is 5.14 Å². The maximum absolute atomic E-state index is 12.3. The Morgan fingerprint density at radius 1 is 1.03 bits per heavy atom. The number of halogens is 1. The molecule has 2 aromatic rings. The van der Waals surface area contributed by atoms with Crippen molar-refractivity contribution in [2.45, 2.75) is 17.7 Å². The van der Waals surface area contributed by atoms with E-state index in [-0.39, 0.29) is 36.7 Å². The molecule has 0 aromatic heterocycles. The van der Waals surface area contributed by atoms with Crippen molar-refractivity contribution in [3.8, 4) is 11.5 Å². The number of carbonyl (C=O) groups excluding carboxylic acids is 2. The molecule has 0 amide bonds. The Hall–Kier alpha value is -2.43. The van der Waals surface area contributed by atoms with Crippen molar-refractivity contribution < 1.29 is 32.2 Å². The lowest BCUT2D eigenvalue weighted by atomic mass is 10.1. The standard InChI is InChI=1S/C19H20BrNO7S/c1-26-18-8-2-13(20)12-16(18)17(22)7-9-19(23)28-11-10-27-14-3-5-15(6-4-14)29(21,24)25/h2-6,8,12H,7,9-11H2,1H3,(H2,21,24,25). The van der Waals surface area contributed by atoms with Gasteiger partial charge in [0.1, 0.15) is 24.7 Å². The third-order valence-electron chi connectivity index (χ3n) is 3.79. The lowest BCUT2D eigenvalue weighted by Gasteiger charge is -2.09. The van der Waals surface area contributed by atoms with Crippen LogP contribution in [-0.4, -0.2) is 40.5 Å². The second-order valence-electron chi connectivity index (χ2n) is 5.85. The van der Waals surface area contributed by atoms with Crippen molar-refractivity contribution in [3.63, 3.8) is 0 Å². The van der Waals surface area contributed by atoms with E-state index in [2.05, 4.69) is 15.9 Å². The summed E-state index contributed by atoms with van der Waals surface area (Å²) >= 11 is 3.30. The van der Waals surface area contributed by atoms with Crippen molar-refractivity contribution in [1.29, 1.82) is 0 Å². The lowest BCUT2D eigenvalue weighted by molar-refractivity contribution is -0.144. The van der Waals surface area contributed by atoms with E-state index in [1.165, 1.54) is 31.4 Å². The fraction of sp³-hybridized carbons (Fsp3) is 0.263. The van der Waals surface area contributed by atoms with Crippen molar-refractivity contribution >= 4 is 37.7 Å². The minimum Gasteiger partial charge on any atom is -0.496 e. The van der Waals surface area contributed by atoms with Gasteiger partial charge >= 0.3 is 5.97 Å². The van der Waals surface area contributed by atoms with Crippen LogP contribution in [0.2, 0.25) is 0 Å². The van der Waals surface area contributed by atoms with Crippen LogP contribution in [0.3, 0.4) is 0 Å². The highest BCUT2D eigenvalue weighted by Gasteiger charge is 2.15. The molecule has 0 aliphatic carbocycles. The number of ketones is 1. The van der Waals surface area contributed by atoms with Crippen LogP contribution in [-0.2, 0) is 19.6 Å². The maximum atomic E-state index is 12.3. The summed E-state index contributed by atoms with van der Waals surface area (Å²) in [6.07, 6.45) is -0.0842. The number of rotatable bonds is 10. The first-order valence-electron chi connectivity index (χ1n) is 8.48. The molecule has 0 heterocycles. The van der Waals surface area contributed by atoms with Gasteiger partial charge in [0, 0.05) is 10.9 Å². The predicted octanol–water partition coefficient (Wildman–Crippen LogP) is 2.69. The summed E-state index contributed by atoms with van der Waals surface area (Å²) in [4.78, 5) is 24.1. The minimum absolute atomic E-state index is 0.00975. The van der Waals surface area contributed by atoms with Crippen LogP contribution in [0.1, 0.15) is 23.2 Å². The van der Waals surface area contributed by atoms with Crippen LogP contribution in [0.25, 0.3) is 0 Å². The number of sulfonamides is 1. The zero-order valence-electron chi connectivity index (χ0n) is 15.6. The van der Waals surface area contributed by atoms with Crippen molar-refractivity contribution in [3.05, 3.63) is 52.5 Å². The molecule has 0 fully saturated rings. The number of hydrogen-bond acceptors (Lipinski definition) is 7. The second-order valence-corrected chi connectivity index (χ2v) is 8.33. The quantitative estimate of drug-likeness (QED) is 0.311. The molecule has 0 unspecified atom stereocenters. The summed E-state index contributed by atoms with van der Waals surface area (Å²) in [6.45, 7) is 0.0675. The van der Waals surface area contributed by atoms with Gasteiger partial charge in [0.2, 0.25) is 10.0 Å². The van der Waals surface area contributed by atoms with Gasteiger partial charge < -0.3 is 14.2 Å². The molecule has 10 heteroatoms. The molecule has 0 aliphatic heterocycles. The number of Topliss-reactive ketones (excluding diaryl/α,β-unsaturated/α-hetero) is 1. The third-order valence-corrected chi connectivity index (χ3v) is 5.21. The average molecular weight is 486 g/mol. The number of carbonyl (C=O) groups is 2. The zero-order chi connectivity index (χ0) is 21.4. The summed E-state index contributed by atoms with van der Waals surface area (Å²) in [5, 5.41) is 5.01. The van der Waals surface area contributed by atoms with Crippen LogP contribution in [0, 0.1) is 0 Å². The largest absolute Gasteiger partial charge is 0.496 e. The molecule has 0 saturated heterocycles. The molecule has 0 radical (unpaired) electrons. The third kappa shape index (κ3) is 7.15. The van der Waals surface area contributed by atoms with Crippen molar-refractivity contribution in [2.75, 3.05) is 20.3 Å². The molecular formula is C19H20BrNO7S. The second kappa shape index (κ2) is 10.4. The molecule has 2 rings (SSSR count). The molecule has 2 aromatic carbocycles. The molecule has 8 nitrogen and oxygen atoms in total. The van der Waals surface area contributed by atoms with Crippen molar-refractivity contribution in [1.82, 2.24) is 0 Å². The van der Waals surface area contributed by atoms with E-state index >= 15 is 0 Å². The molecule has 156 valence electrons. The molecule has 29 heavy (non-hydrogen) atoms. The van der Waals surface area contributed by atoms with Gasteiger partial charge in [-0.05, 0) is 42.5 Å². The zero-order valence-corrected chi connectivity index (χ0v) is 18.0. The molecule has 0 spiro atoms. The topological polar surface area (TPSA) is 122 Å². The average Bonchev–Trinajstić information content (AvgIpc) is 2.69. The van der Waals surface area contributed by atoms with Crippen LogP contribution < -0.4 is 14.6 Å². The first kappa shape index (κ1) is 22.9. The van der Waals surface area contributed by atoms with Gasteiger partial charge in [0.05, 0.1) is 24.0 Å². The van der Waals surface area contributed by atoms with E-state index < -0.39 is 16.0 Å². The number of nitrogens with two attached hydrogens (primary N) is 1. The van der Waals surface area contributed by atoms with E-state index in [1.54, 1.807) is 18.2 Å². The summed E-state index contributed by atoms with van der Waals surface area (Å²) in [6, 6.07) is 10.6. The van der Waals surface area contributed by atoms with Crippen LogP contribution in [0.4, 0.5) is 0 Å². The normalized spacial score (nSPS) is 11.0. The molecule has 0 bridgehead atoms. The van der Waals surface area contributed by atoms with Gasteiger partial charge in [-0.1, -0.05) is 15.9 Å². The lowest BCUT2D eigenvalue weighted by Crippen LogP contribution is -2.14. The fourth-order valence-corrected chi connectivity index (χ4v) is 3.24. The fourth-order valence-electron chi connectivity index (χ4n) is 2.36. The summed E-state index contributed by atoms with van der Waals surface area (Å²) in [5.74, 6) is 0.0885. The summed E-state index contributed by atoms with van der Waals surface area (Å²) < 4.78 is 38.6. The van der Waals surface area contributed by atoms with E-state index in [9.17, 15) is 18.0 Å². The summed E-state index contributed by atoms with van der Waals surface area (Å²) in [7, 11) is -2.29. The predicted molar refractivity (Wildman–Crippen MR) is 109 cm³/mol. The molecule has 0 aliphatic rings. The Morgan fingerprint density at radius 3 is 2.34 bits per heavy atom. The van der Waals surface area contributed by atoms with Crippen LogP contribution >= 0.6 is 15.9 Å². The number of primary sulfonamides is 1. The number of benzene rings is 2. The highest BCUT2D eigenvalue weighted by Crippen LogP contribution is 2.24. The van der Waals surface area contributed by atoms with Gasteiger partial charge in [-0.25, -0.2) is 13.6 Å². The van der Waals surface area contributed by atoms with Gasteiger partial charge in [-0.3, -0.25) is 9.59 Å². The molecule has 0 atom stereocenters. The van der Waals surface area contributed by atoms with Crippen LogP contribution in [0.15, 0.2) is 51.8 Å². The Bertz CT molecular complexity index is 975. The van der Waals surface area contributed by atoms with E-state index in [0.717, 1.165) is 4.47 Å². The number of methoxy groups -OCH3 is 1. The Labute approximate surface area is 177 Å². The van der Waals surface area contributed by atoms with Gasteiger partial charge in [0.25, 0.3) is 0 Å². The highest BCUT2D eigenvalue weighted by atomic mass is 79.9. The Balaban J connectivity index is 1.74. The number of esters is 1. The van der Waals surface area contributed by atoms with E-state index in [4.69, 9.17) is 19.3 Å². The van der Waals surface area contributed by atoms with E-state index in [0.29, 0.717) is 17.1 Å². The molecular weight excluding hydrogens is 466 g/mol. The smallest absolute Gasteiger partial charge is 0.306 e. The van der Waals surface area contributed by atoms with Gasteiger partial charge in [0.15, 0.2) is 5.78 Å². The first-order chi connectivity index (χ1) is 13.7. The van der Waals surface area contributed by atoms with E-state index in [1.807, 2.05) is 0 Å². The highest BCUT2D eigenvalue weighted by molar-refractivity contribution is 9.10. The maximum Gasteiger partial charge on any atom is 0.306 e. The molecule has 0 saturated carbocycles. The Kier molecular flexibility index (Phi) is 8.18. The summed E-state index contributed by atoms with van der Waals surface area (Å²) in [5.41, 5.74) is 0.390. The number of ether oxygens (including phenoxy) is 3. The monoisotopic (exact) mass is 485 g/mol. The van der Waals surface area contributed by atoms with Gasteiger partial charge in [-0.2, -0.15) is 0 Å².